The van der Waals surface area contributed by atoms with E-state index in [1.165, 1.54) is 11.1 Å². The van der Waals surface area contributed by atoms with Gasteiger partial charge in [-0.2, -0.15) is 0 Å². The summed E-state index contributed by atoms with van der Waals surface area (Å²) in [5.74, 6) is -0.567. The third kappa shape index (κ3) is 7.26. The Labute approximate surface area is 218 Å². The van der Waals surface area contributed by atoms with Gasteiger partial charge < -0.3 is 25.2 Å². The summed E-state index contributed by atoms with van der Waals surface area (Å²) in [5, 5.41) is 24.6. The van der Waals surface area contributed by atoms with Crippen molar-refractivity contribution in [2.45, 2.75) is 31.9 Å². The molecular weight excluding hydrogens is 466 g/mol. The maximum atomic E-state index is 11.2. The van der Waals surface area contributed by atoms with Crippen LogP contribution in [0.4, 0.5) is 0 Å². The van der Waals surface area contributed by atoms with E-state index in [9.17, 15) is 9.90 Å². The lowest BCUT2D eigenvalue weighted by Crippen LogP contribution is -2.44. The number of likely N-dealkylation sites (tertiary alicyclic amines) is 1. The summed E-state index contributed by atoms with van der Waals surface area (Å²) >= 11 is 0. The van der Waals surface area contributed by atoms with E-state index in [0.29, 0.717) is 29.5 Å². The Bertz CT molecular complexity index is 1260. The van der Waals surface area contributed by atoms with Gasteiger partial charge in [0.05, 0.1) is 18.7 Å². The summed E-state index contributed by atoms with van der Waals surface area (Å²) in [5.41, 5.74) is 4.59. The highest BCUT2D eigenvalue weighted by Gasteiger charge is 2.23. The second-order valence-electron chi connectivity index (χ2n) is 9.54. The number of carboxylic acid groups (broad SMARTS) is 1. The van der Waals surface area contributed by atoms with Crippen LogP contribution in [0.2, 0.25) is 0 Å². The van der Waals surface area contributed by atoms with Crippen LogP contribution in [0.3, 0.4) is 0 Å². The van der Waals surface area contributed by atoms with Crippen molar-refractivity contribution in [3.05, 3.63) is 82.9 Å². The molecule has 194 valence electrons. The third-order valence-electron chi connectivity index (χ3n) is 6.77. The summed E-state index contributed by atoms with van der Waals surface area (Å²) in [7, 11) is 1.55. The number of aromatic nitrogens is 1. The number of nitrogens with zero attached hydrogens (tertiary/aromatic N) is 2. The quantitative estimate of drug-likeness (QED) is 0.351. The number of nitrogens with one attached hydrogen (secondary N) is 1. The molecule has 3 aromatic rings. The molecule has 0 saturated carbocycles. The number of aliphatic hydroxyl groups is 1. The highest BCUT2D eigenvalue weighted by atomic mass is 16.5. The number of methoxy groups -OCH3 is 1. The number of fused-ring (bicyclic) bond motifs is 1. The normalized spacial score (nSPS) is 16.4. The van der Waals surface area contributed by atoms with Gasteiger partial charge in [0.1, 0.15) is 0 Å². The van der Waals surface area contributed by atoms with Gasteiger partial charge >= 0.3 is 5.97 Å². The predicted molar refractivity (Wildman–Crippen MR) is 147 cm³/mol. The number of β-amino-alcohol motifs (C(OH)–C–C–N with tert-alkyl or cyclic N) is 1. The second kappa shape index (κ2) is 12.6. The molecule has 2 aromatic carbocycles. The van der Waals surface area contributed by atoms with E-state index in [1.54, 1.807) is 19.3 Å². The molecule has 0 amide bonds. The summed E-state index contributed by atoms with van der Waals surface area (Å²) in [6.07, 6.45) is 6.19. The molecule has 1 aromatic heterocycles. The number of ether oxygens (including phenoxy) is 1. The van der Waals surface area contributed by atoms with Gasteiger partial charge in [0.15, 0.2) is 0 Å². The minimum Gasteiger partial charge on any atom is -0.481 e. The van der Waals surface area contributed by atoms with Crippen LogP contribution in [0, 0.1) is 0 Å². The average molecular weight is 502 g/mol. The van der Waals surface area contributed by atoms with Gasteiger partial charge in [0, 0.05) is 42.2 Å². The zero-order valence-corrected chi connectivity index (χ0v) is 21.4. The molecule has 3 N–H and O–H groups in total. The first-order valence-corrected chi connectivity index (χ1v) is 12.7. The molecule has 1 aliphatic rings. The monoisotopic (exact) mass is 501 g/mol. The fourth-order valence-corrected chi connectivity index (χ4v) is 4.78. The van der Waals surface area contributed by atoms with Gasteiger partial charge in [-0.25, -0.2) is 9.78 Å². The number of aliphatic hydroxyl groups excluding tert-OH is 1. The van der Waals surface area contributed by atoms with Gasteiger partial charge in [-0.15, -0.1) is 0 Å². The first-order chi connectivity index (χ1) is 17.9. The summed E-state index contributed by atoms with van der Waals surface area (Å²) < 4.78 is 5.30. The standard InChI is InChI=1S/C30H35N3O4/c1-21(18-22-6-4-3-5-7-22)19-31-24-14-16-33(17-15-24)20-27(34)26-10-8-23(9-13-29(35)36)25-11-12-28(37-2)32-30(25)26/h3-13,18,24,27,31,34H,14-17,19-20H2,1-2H3,(H,35,36)/b13-9+,21-18+. The van der Waals surface area contributed by atoms with Crippen molar-refractivity contribution in [3.63, 3.8) is 0 Å². The SMILES string of the molecule is COc1ccc2c(/C=C/C(=O)O)ccc(C(O)CN3CCC(NC/C(C)=C/c4ccccc4)CC3)c2n1. The number of hydrogen-bond donors (Lipinski definition) is 3. The molecule has 1 unspecified atom stereocenters. The lowest BCUT2D eigenvalue weighted by atomic mass is 9.98. The van der Waals surface area contributed by atoms with E-state index in [-0.39, 0.29) is 0 Å². The summed E-state index contributed by atoms with van der Waals surface area (Å²) in [6, 6.07) is 18.1. The maximum Gasteiger partial charge on any atom is 0.328 e. The Hall–Kier alpha value is -3.52. The molecule has 7 heteroatoms. The lowest BCUT2D eigenvalue weighted by molar-refractivity contribution is -0.131. The summed E-state index contributed by atoms with van der Waals surface area (Å²) in [6.45, 7) is 5.35. The van der Waals surface area contributed by atoms with E-state index in [2.05, 4.69) is 52.5 Å². The molecule has 4 rings (SSSR count). The minimum atomic E-state index is -1.01. The Morgan fingerprint density at radius 2 is 1.92 bits per heavy atom. The molecule has 1 fully saturated rings. The van der Waals surface area contributed by atoms with Crippen molar-refractivity contribution in [1.82, 2.24) is 15.2 Å². The third-order valence-corrected chi connectivity index (χ3v) is 6.77. The number of rotatable bonds is 10. The van der Waals surface area contributed by atoms with Crippen LogP contribution in [0.25, 0.3) is 23.1 Å². The van der Waals surface area contributed by atoms with Gasteiger partial charge in [-0.3, -0.25) is 0 Å². The van der Waals surface area contributed by atoms with Crippen LogP contribution in [0.15, 0.2) is 66.2 Å². The Morgan fingerprint density at radius 1 is 1.16 bits per heavy atom. The number of piperidine rings is 1. The van der Waals surface area contributed by atoms with Crippen LogP contribution in [0.1, 0.15) is 42.6 Å². The average Bonchev–Trinajstić information content (AvgIpc) is 2.91. The van der Waals surface area contributed by atoms with E-state index in [1.807, 2.05) is 24.3 Å². The molecule has 1 saturated heterocycles. The Kier molecular flexibility index (Phi) is 9.06. The Morgan fingerprint density at radius 3 is 2.62 bits per heavy atom. The van der Waals surface area contributed by atoms with Crippen LogP contribution < -0.4 is 10.1 Å². The van der Waals surface area contributed by atoms with Gasteiger partial charge in [0.2, 0.25) is 5.88 Å². The minimum absolute atomic E-state index is 0.448. The first-order valence-electron chi connectivity index (χ1n) is 12.7. The maximum absolute atomic E-state index is 11.2. The molecule has 37 heavy (non-hydrogen) atoms. The van der Waals surface area contributed by atoms with Gasteiger partial charge in [-0.1, -0.05) is 54.1 Å². The zero-order chi connectivity index (χ0) is 26.2. The van der Waals surface area contributed by atoms with E-state index in [4.69, 9.17) is 9.84 Å². The molecule has 0 spiro atoms. The predicted octanol–water partition coefficient (Wildman–Crippen LogP) is 4.53. The zero-order valence-electron chi connectivity index (χ0n) is 21.4. The molecule has 0 aliphatic carbocycles. The number of pyridine rings is 1. The number of aliphatic carboxylic acids is 1. The fraction of sp³-hybridized carbons (Fsp3) is 0.333. The largest absolute Gasteiger partial charge is 0.481 e. The van der Waals surface area contributed by atoms with Gasteiger partial charge in [0.25, 0.3) is 0 Å². The number of hydrogen-bond acceptors (Lipinski definition) is 6. The highest BCUT2D eigenvalue weighted by Crippen LogP contribution is 2.29. The first kappa shape index (κ1) is 26.5. The van der Waals surface area contributed by atoms with E-state index < -0.39 is 12.1 Å². The fourth-order valence-electron chi connectivity index (χ4n) is 4.78. The van der Waals surface area contributed by atoms with Crippen LogP contribution in [0.5, 0.6) is 5.88 Å². The van der Waals surface area contributed by atoms with Crippen molar-refractivity contribution < 1.29 is 19.7 Å². The molecule has 2 heterocycles. The van der Waals surface area contributed by atoms with Crippen molar-refractivity contribution in [1.29, 1.82) is 0 Å². The molecule has 0 radical (unpaired) electrons. The molecule has 1 aliphatic heterocycles. The van der Waals surface area contributed by atoms with Crippen molar-refractivity contribution in [2.75, 3.05) is 33.3 Å². The van der Waals surface area contributed by atoms with E-state index >= 15 is 0 Å². The molecule has 0 bridgehead atoms. The molecular formula is C30H35N3O4. The number of carboxylic acids is 1. The van der Waals surface area contributed by atoms with Crippen LogP contribution >= 0.6 is 0 Å². The summed E-state index contributed by atoms with van der Waals surface area (Å²) in [4.78, 5) is 17.9. The smallest absolute Gasteiger partial charge is 0.328 e. The van der Waals surface area contributed by atoms with Crippen LogP contribution in [-0.2, 0) is 4.79 Å². The lowest BCUT2D eigenvalue weighted by Gasteiger charge is -2.34. The molecule has 1 atom stereocenters. The van der Waals surface area contributed by atoms with Crippen molar-refractivity contribution in [2.24, 2.45) is 0 Å². The number of benzene rings is 2. The highest BCUT2D eigenvalue weighted by molar-refractivity contribution is 5.94. The second-order valence-corrected chi connectivity index (χ2v) is 9.54. The van der Waals surface area contributed by atoms with Gasteiger partial charge in [-0.05, 0) is 56.1 Å². The topological polar surface area (TPSA) is 94.9 Å². The molecule has 7 nitrogen and oxygen atoms in total. The van der Waals surface area contributed by atoms with Crippen LogP contribution in [-0.4, -0.2) is 65.4 Å². The Balaban J connectivity index is 1.37. The van der Waals surface area contributed by atoms with Crippen molar-refractivity contribution >= 4 is 29.0 Å². The van der Waals surface area contributed by atoms with E-state index in [0.717, 1.165) is 49.5 Å². The van der Waals surface area contributed by atoms with Crippen molar-refractivity contribution in [3.8, 4) is 5.88 Å². The number of carbonyl (C=O) groups is 1.